The first kappa shape index (κ1) is 12.4. The van der Waals surface area contributed by atoms with E-state index in [0.717, 1.165) is 4.90 Å². The minimum atomic E-state index is -0.348. The highest BCUT2D eigenvalue weighted by Gasteiger charge is 2.40. The Morgan fingerprint density at radius 2 is 1.35 bits per heavy atom. The van der Waals surface area contributed by atoms with Crippen LogP contribution in [0.1, 0.15) is 27.6 Å². The molecule has 0 fully saturated rings. The fraction of sp³-hybridized carbons (Fsp3) is 0.0625. The summed E-state index contributed by atoms with van der Waals surface area (Å²) in [4.78, 5) is 25.6. The van der Waals surface area contributed by atoms with E-state index in [2.05, 4.69) is 0 Å². The Morgan fingerprint density at radius 1 is 0.850 bits per heavy atom. The lowest BCUT2D eigenvalue weighted by Crippen LogP contribution is -2.35. The van der Waals surface area contributed by atoms with Crippen molar-refractivity contribution in [3.63, 3.8) is 0 Å². The Labute approximate surface area is 116 Å². The molecule has 2 aromatic rings. The van der Waals surface area contributed by atoms with E-state index in [1.54, 1.807) is 43.3 Å². The number of hydrogen-bond acceptors (Lipinski definition) is 3. The van der Waals surface area contributed by atoms with E-state index >= 15 is 0 Å². The number of para-hydroxylation sites is 1. The van der Waals surface area contributed by atoms with Crippen LogP contribution in [0.2, 0.25) is 0 Å². The summed E-state index contributed by atoms with van der Waals surface area (Å²) in [6.45, 7) is 1.61. The van der Waals surface area contributed by atoms with Gasteiger partial charge in [-0.1, -0.05) is 30.3 Å². The Hall–Kier alpha value is -2.62. The molecule has 4 heteroatoms. The summed E-state index contributed by atoms with van der Waals surface area (Å²) in [5.74, 6) is -0.111. The molecule has 0 spiro atoms. The lowest BCUT2D eigenvalue weighted by atomic mass is 10.1. The third kappa shape index (κ3) is 1.95. The van der Waals surface area contributed by atoms with Gasteiger partial charge < -0.3 is 4.74 Å². The normalized spacial score (nSPS) is 13.8. The lowest BCUT2D eigenvalue weighted by Gasteiger charge is -2.21. The van der Waals surface area contributed by atoms with Gasteiger partial charge in [-0.3, -0.25) is 9.59 Å². The predicted octanol–water partition coefficient (Wildman–Crippen LogP) is 2.87. The summed E-state index contributed by atoms with van der Waals surface area (Å²) in [6, 6.07) is 15.8. The number of benzene rings is 2. The molecule has 1 aliphatic heterocycles. The summed E-state index contributed by atoms with van der Waals surface area (Å²) < 4.78 is 5.57. The Kier molecular flexibility index (Phi) is 2.99. The molecule has 0 bridgehead atoms. The molecule has 0 saturated carbocycles. The van der Waals surface area contributed by atoms with Crippen LogP contribution in [0, 0.1) is 6.23 Å². The average molecular weight is 266 g/mol. The topological polar surface area (TPSA) is 46.6 Å². The summed E-state index contributed by atoms with van der Waals surface area (Å²) in [6.07, 6.45) is 0.252. The molecule has 0 aromatic heterocycles. The number of ether oxygens (including phenoxy) is 1. The molecule has 2 amide bonds. The van der Waals surface area contributed by atoms with Crippen molar-refractivity contribution < 1.29 is 14.3 Å². The number of amides is 2. The first-order valence-electron chi connectivity index (χ1n) is 6.23. The van der Waals surface area contributed by atoms with Gasteiger partial charge in [0.2, 0.25) is 6.23 Å². The van der Waals surface area contributed by atoms with Gasteiger partial charge in [0, 0.05) is 6.92 Å². The zero-order valence-corrected chi connectivity index (χ0v) is 10.9. The minimum Gasteiger partial charge on any atom is -0.461 e. The smallest absolute Gasteiger partial charge is 0.264 e. The number of rotatable bonds is 3. The van der Waals surface area contributed by atoms with Crippen molar-refractivity contribution in [1.82, 2.24) is 4.90 Å². The van der Waals surface area contributed by atoms with Gasteiger partial charge in [-0.15, -0.1) is 0 Å². The largest absolute Gasteiger partial charge is 0.461 e. The number of carbonyl (C=O) groups excluding carboxylic acids is 2. The second-order valence-corrected chi connectivity index (χ2v) is 4.43. The third-order valence-electron chi connectivity index (χ3n) is 3.12. The van der Waals surface area contributed by atoms with Crippen LogP contribution in [0.3, 0.4) is 0 Å². The van der Waals surface area contributed by atoms with Crippen LogP contribution in [-0.4, -0.2) is 16.7 Å². The van der Waals surface area contributed by atoms with E-state index < -0.39 is 0 Å². The highest BCUT2D eigenvalue weighted by atomic mass is 16.5. The molecule has 1 radical (unpaired) electrons. The molecule has 3 rings (SSSR count). The summed E-state index contributed by atoms with van der Waals surface area (Å²) in [7, 11) is 0. The molecule has 0 N–H and O–H groups in total. The fourth-order valence-electron chi connectivity index (χ4n) is 2.18. The molecular formula is C16H12NO3. The van der Waals surface area contributed by atoms with Gasteiger partial charge in [0.25, 0.3) is 11.8 Å². The van der Waals surface area contributed by atoms with Crippen LogP contribution < -0.4 is 4.74 Å². The third-order valence-corrected chi connectivity index (χ3v) is 3.12. The zero-order chi connectivity index (χ0) is 14.1. The lowest BCUT2D eigenvalue weighted by molar-refractivity contribution is 0.0549. The monoisotopic (exact) mass is 266 g/mol. The van der Waals surface area contributed by atoms with Gasteiger partial charge in [-0.05, 0) is 24.3 Å². The van der Waals surface area contributed by atoms with E-state index in [-0.39, 0.29) is 18.0 Å². The van der Waals surface area contributed by atoms with Gasteiger partial charge in [0.1, 0.15) is 5.75 Å². The number of imide groups is 1. The molecule has 0 aliphatic carbocycles. The number of hydrogen-bond donors (Lipinski definition) is 0. The molecule has 20 heavy (non-hydrogen) atoms. The predicted molar refractivity (Wildman–Crippen MR) is 72.9 cm³/mol. The molecule has 0 saturated heterocycles. The summed E-state index contributed by atoms with van der Waals surface area (Å²) in [5.41, 5.74) is 0.821. The van der Waals surface area contributed by atoms with Crippen molar-refractivity contribution in [2.24, 2.45) is 0 Å². The van der Waals surface area contributed by atoms with Gasteiger partial charge in [-0.2, -0.15) is 0 Å². The average Bonchev–Trinajstić information content (AvgIpc) is 2.72. The van der Waals surface area contributed by atoms with Crippen molar-refractivity contribution in [3.05, 3.63) is 72.0 Å². The molecule has 2 aromatic carbocycles. The van der Waals surface area contributed by atoms with E-state index in [1.807, 2.05) is 18.2 Å². The zero-order valence-electron chi connectivity index (χ0n) is 10.9. The maximum atomic E-state index is 12.2. The second kappa shape index (κ2) is 4.81. The van der Waals surface area contributed by atoms with Crippen molar-refractivity contribution in [1.29, 1.82) is 0 Å². The molecule has 4 nitrogen and oxygen atoms in total. The maximum Gasteiger partial charge on any atom is 0.264 e. The van der Waals surface area contributed by atoms with Crippen LogP contribution in [-0.2, 0) is 0 Å². The second-order valence-electron chi connectivity index (χ2n) is 4.43. The molecule has 0 unspecified atom stereocenters. The first-order valence-corrected chi connectivity index (χ1v) is 6.23. The van der Waals surface area contributed by atoms with Crippen LogP contribution in [0.15, 0.2) is 54.6 Å². The fourth-order valence-corrected chi connectivity index (χ4v) is 2.18. The van der Waals surface area contributed by atoms with Gasteiger partial charge in [-0.25, -0.2) is 4.90 Å². The molecule has 0 atom stereocenters. The highest BCUT2D eigenvalue weighted by molar-refractivity contribution is 6.22. The van der Waals surface area contributed by atoms with E-state index in [0.29, 0.717) is 16.9 Å². The number of nitrogens with zero attached hydrogens (tertiary/aromatic N) is 1. The van der Waals surface area contributed by atoms with E-state index in [1.165, 1.54) is 0 Å². The van der Waals surface area contributed by atoms with Crippen molar-refractivity contribution in [3.8, 4) is 5.75 Å². The number of fused-ring (bicyclic) bond motifs is 1. The van der Waals surface area contributed by atoms with Crippen LogP contribution in [0.4, 0.5) is 0 Å². The van der Waals surface area contributed by atoms with Crippen molar-refractivity contribution >= 4 is 11.8 Å². The van der Waals surface area contributed by atoms with Crippen LogP contribution in [0.5, 0.6) is 5.75 Å². The van der Waals surface area contributed by atoms with Crippen molar-refractivity contribution in [2.45, 2.75) is 6.92 Å². The Balaban J connectivity index is 1.85. The molecule has 1 aliphatic rings. The van der Waals surface area contributed by atoms with E-state index in [4.69, 9.17) is 4.74 Å². The Bertz CT molecular complexity index is 631. The first-order chi connectivity index (χ1) is 9.68. The molecular weight excluding hydrogens is 254 g/mol. The van der Waals surface area contributed by atoms with Crippen LogP contribution in [0.25, 0.3) is 0 Å². The van der Waals surface area contributed by atoms with Gasteiger partial charge >= 0.3 is 0 Å². The van der Waals surface area contributed by atoms with Gasteiger partial charge in [0.15, 0.2) is 0 Å². The van der Waals surface area contributed by atoms with E-state index in [9.17, 15) is 9.59 Å². The standard InChI is InChI=1S/C16H12NO3/c1-11(20-12-7-3-2-4-8-12)17-15(18)13-9-5-6-10-14(13)16(17)19/h2-10H,1H3. The molecule has 1 heterocycles. The molecule has 99 valence electrons. The van der Waals surface area contributed by atoms with Crippen molar-refractivity contribution in [2.75, 3.05) is 0 Å². The summed E-state index contributed by atoms with van der Waals surface area (Å²) in [5, 5.41) is 0. The SMILES string of the molecule is C[C](Oc1ccccc1)N1C(=O)c2ccccc2C1=O. The quantitative estimate of drug-likeness (QED) is 0.802. The number of carbonyl (C=O) groups is 2. The summed E-state index contributed by atoms with van der Waals surface area (Å²) >= 11 is 0. The van der Waals surface area contributed by atoms with Crippen LogP contribution >= 0.6 is 0 Å². The highest BCUT2D eigenvalue weighted by Crippen LogP contribution is 2.28. The van der Waals surface area contributed by atoms with Gasteiger partial charge in [0.05, 0.1) is 11.1 Å². The minimum absolute atomic E-state index is 0.252. The Morgan fingerprint density at radius 3 is 1.90 bits per heavy atom. The maximum absolute atomic E-state index is 12.2.